The van der Waals surface area contributed by atoms with Crippen molar-refractivity contribution in [3.05, 3.63) is 49.4 Å². The van der Waals surface area contributed by atoms with Crippen molar-refractivity contribution in [2.24, 2.45) is 0 Å². The number of rotatable bonds is 0. The summed E-state index contributed by atoms with van der Waals surface area (Å²) in [5, 5.41) is 0. The molecule has 0 bridgehead atoms. The van der Waals surface area contributed by atoms with E-state index in [2.05, 4.69) is 19.9 Å². The number of hydrogen-bond donors (Lipinski definition) is 3. The van der Waals surface area contributed by atoms with Crippen LogP contribution in [0.1, 0.15) is 0 Å². The predicted octanol–water partition coefficient (Wildman–Crippen LogP) is -0.547. The van der Waals surface area contributed by atoms with Crippen LogP contribution in [-0.2, 0) is 0 Å². The number of H-pyrrole nitrogens is 3. The lowest BCUT2D eigenvalue weighted by Gasteiger charge is -2.00. The number of aromatic amines is 3. The van der Waals surface area contributed by atoms with Gasteiger partial charge >= 0.3 is 11.1 Å². The molecule has 17 heavy (non-hydrogen) atoms. The van der Waals surface area contributed by atoms with E-state index in [1.807, 2.05) is 0 Å². The van der Waals surface area contributed by atoms with Gasteiger partial charge in [-0.25, -0.2) is 4.98 Å². The Morgan fingerprint density at radius 3 is 2.18 bits per heavy atom. The van der Waals surface area contributed by atoms with Crippen LogP contribution in [0.5, 0.6) is 0 Å². The molecule has 0 spiro atoms. The first-order chi connectivity index (χ1) is 8.13. The lowest BCUT2D eigenvalue weighted by atomic mass is 10.2. The van der Waals surface area contributed by atoms with E-state index in [-0.39, 0.29) is 5.56 Å². The van der Waals surface area contributed by atoms with E-state index in [1.54, 1.807) is 12.1 Å². The normalized spacial score (nSPS) is 11.1. The SMILES string of the molecule is O=c1cnc2cc3[nH]c(=O)c(=O)[nH]c3cc2[nH]1. The van der Waals surface area contributed by atoms with Crippen LogP contribution in [-0.4, -0.2) is 19.9 Å². The second-order valence-electron chi connectivity index (χ2n) is 3.57. The fourth-order valence-electron chi connectivity index (χ4n) is 1.65. The van der Waals surface area contributed by atoms with E-state index in [0.717, 1.165) is 6.20 Å². The molecule has 0 saturated carbocycles. The molecule has 84 valence electrons. The Morgan fingerprint density at radius 1 is 0.824 bits per heavy atom. The minimum absolute atomic E-state index is 0.330. The molecule has 2 aromatic heterocycles. The van der Waals surface area contributed by atoms with Crippen LogP contribution in [0.4, 0.5) is 0 Å². The van der Waals surface area contributed by atoms with Crippen LogP contribution in [0, 0.1) is 0 Å². The highest BCUT2D eigenvalue weighted by Crippen LogP contribution is 2.13. The zero-order valence-corrected chi connectivity index (χ0v) is 8.40. The highest BCUT2D eigenvalue weighted by Gasteiger charge is 2.03. The molecule has 7 heteroatoms. The Balaban J connectivity index is 2.56. The molecule has 3 rings (SSSR count). The van der Waals surface area contributed by atoms with Gasteiger partial charge in [0, 0.05) is 0 Å². The van der Waals surface area contributed by atoms with Crippen LogP contribution in [0.15, 0.2) is 32.7 Å². The standard InChI is InChI=1S/C10H6N4O3/c15-8-3-11-4-1-6-7(2-5(4)12-8)14-10(17)9(16)13-6/h1-3H,(H,12,15)(H,13,16)(H,14,17). The lowest BCUT2D eigenvalue weighted by molar-refractivity contribution is 1.14. The molecule has 0 aliphatic heterocycles. The molecule has 0 radical (unpaired) electrons. The summed E-state index contributed by atoms with van der Waals surface area (Å²) in [7, 11) is 0. The predicted molar refractivity (Wildman–Crippen MR) is 61.1 cm³/mol. The Kier molecular flexibility index (Phi) is 1.76. The minimum atomic E-state index is -0.733. The van der Waals surface area contributed by atoms with Gasteiger partial charge in [0.15, 0.2) is 0 Å². The Labute approximate surface area is 92.2 Å². The second-order valence-corrected chi connectivity index (χ2v) is 3.57. The van der Waals surface area contributed by atoms with Crippen LogP contribution in [0.2, 0.25) is 0 Å². The Morgan fingerprint density at radius 2 is 1.47 bits per heavy atom. The number of benzene rings is 1. The maximum Gasteiger partial charge on any atom is 0.314 e. The zero-order chi connectivity index (χ0) is 12.0. The van der Waals surface area contributed by atoms with Crippen LogP contribution >= 0.6 is 0 Å². The molecule has 3 aromatic rings. The van der Waals surface area contributed by atoms with Gasteiger partial charge in [-0.15, -0.1) is 0 Å². The topological polar surface area (TPSA) is 111 Å². The van der Waals surface area contributed by atoms with Crippen molar-refractivity contribution in [1.82, 2.24) is 19.9 Å². The fourth-order valence-corrected chi connectivity index (χ4v) is 1.65. The molecular weight excluding hydrogens is 224 g/mol. The van der Waals surface area contributed by atoms with Gasteiger partial charge < -0.3 is 15.0 Å². The van der Waals surface area contributed by atoms with E-state index < -0.39 is 11.1 Å². The zero-order valence-electron chi connectivity index (χ0n) is 8.40. The molecular formula is C10H6N4O3. The third-order valence-corrected chi connectivity index (χ3v) is 2.42. The summed E-state index contributed by atoms with van der Waals surface area (Å²) in [6.07, 6.45) is 1.15. The van der Waals surface area contributed by atoms with Crippen molar-refractivity contribution in [2.45, 2.75) is 0 Å². The van der Waals surface area contributed by atoms with E-state index in [0.29, 0.717) is 22.1 Å². The number of aromatic nitrogens is 4. The third-order valence-electron chi connectivity index (χ3n) is 2.42. The van der Waals surface area contributed by atoms with Crippen molar-refractivity contribution in [1.29, 1.82) is 0 Å². The van der Waals surface area contributed by atoms with E-state index in [4.69, 9.17) is 0 Å². The van der Waals surface area contributed by atoms with Gasteiger partial charge in [0.05, 0.1) is 28.3 Å². The molecule has 0 aliphatic rings. The maximum atomic E-state index is 11.1. The average molecular weight is 230 g/mol. The van der Waals surface area contributed by atoms with Gasteiger partial charge in [-0.2, -0.15) is 0 Å². The monoisotopic (exact) mass is 230 g/mol. The fraction of sp³-hybridized carbons (Fsp3) is 0. The number of nitrogens with zero attached hydrogens (tertiary/aromatic N) is 1. The van der Waals surface area contributed by atoms with Crippen molar-refractivity contribution >= 4 is 22.1 Å². The maximum absolute atomic E-state index is 11.1. The van der Waals surface area contributed by atoms with E-state index in [1.165, 1.54) is 0 Å². The van der Waals surface area contributed by atoms with Gasteiger partial charge in [0.25, 0.3) is 5.56 Å². The summed E-state index contributed by atoms with van der Waals surface area (Å²) in [5.41, 5.74) is 0.132. The van der Waals surface area contributed by atoms with Gasteiger partial charge in [0.1, 0.15) is 0 Å². The van der Waals surface area contributed by atoms with Crippen LogP contribution in [0.3, 0.4) is 0 Å². The van der Waals surface area contributed by atoms with E-state index >= 15 is 0 Å². The summed E-state index contributed by atoms with van der Waals surface area (Å²) in [6.45, 7) is 0. The second kappa shape index (κ2) is 3.14. The van der Waals surface area contributed by atoms with Gasteiger partial charge in [-0.3, -0.25) is 14.4 Å². The van der Waals surface area contributed by atoms with Crippen molar-refractivity contribution in [3.63, 3.8) is 0 Å². The third kappa shape index (κ3) is 1.44. The number of hydrogen-bond acceptors (Lipinski definition) is 4. The first-order valence-corrected chi connectivity index (χ1v) is 4.79. The molecule has 2 heterocycles. The molecule has 0 saturated heterocycles. The van der Waals surface area contributed by atoms with Crippen molar-refractivity contribution in [3.8, 4) is 0 Å². The first-order valence-electron chi connectivity index (χ1n) is 4.79. The Bertz CT molecular complexity index is 903. The molecule has 3 N–H and O–H groups in total. The number of fused-ring (bicyclic) bond motifs is 2. The summed E-state index contributed by atoms with van der Waals surface area (Å²) in [4.78, 5) is 44.8. The smallest absolute Gasteiger partial charge is 0.314 e. The summed E-state index contributed by atoms with van der Waals surface area (Å²) in [6, 6.07) is 3.13. The van der Waals surface area contributed by atoms with Crippen molar-refractivity contribution < 1.29 is 0 Å². The van der Waals surface area contributed by atoms with Crippen LogP contribution in [0.25, 0.3) is 22.1 Å². The molecule has 7 nitrogen and oxygen atoms in total. The van der Waals surface area contributed by atoms with Crippen LogP contribution < -0.4 is 16.7 Å². The lowest BCUT2D eigenvalue weighted by Crippen LogP contribution is -2.28. The summed E-state index contributed by atoms with van der Waals surface area (Å²) >= 11 is 0. The first kappa shape index (κ1) is 9.52. The van der Waals surface area contributed by atoms with Gasteiger partial charge in [-0.05, 0) is 12.1 Å². The minimum Gasteiger partial charge on any atom is -0.319 e. The Hall–Kier alpha value is -2.70. The molecule has 0 fully saturated rings. The summed E-state index contributed by atoms with van der Waals surface area (Å²) < 4.78 is 0. The average Bonchev–Trinajstić information content (AvgIpc) is 2.28. The highest BCUT2D eigenvalue weighted by atomic mass is 16.2. The number of nitrogens with one attached hydrogen (secondary N) is 3. The highest BCUT2D eigenvalue weighted by molar-refractivity contribution is 5.90. The molecule has 0 aliphatic carbocycles. The molecule has 0 atom stereocenters. The van der Waals surface area contributed by atoms with E-state index in [9.17, 15) is 14.4 Å². The van der Waals surface area contributed by atoms with Crippen molar-refractivity contribution in [2.75, 3.05) is 0 Å². The quantitative estimate of drug-likeness (QED) is 0.355. The summed E-state index contributed by atoms with van der Waals surface area (Å²) in [5.74, 6) is 0. The van der Waals surface area contributed by atoms with Gasteiger partial charge in [0.2, 0.25) is 0 Å². The molecule has 0 amide bonds. The van der Waals surface area contributed by atoms with Gasteiger partial charge in [-0.1, -0.05) is 0 Å². The largest absolute Gasteiger partial charge is 0.319 e. The molecule has 1 aromatic carbocycles. The molecule has 0 unspecified atom stereocenters.